The van der Waals surface area contributed by atoms with Gasteiger partial charge in [0.25, 0.3) is 0 Å². The number of rotatable bonds is 3. The lowest BCUT2D eigenvalue weighted by Gasteiger charge is -2.26. The molecule has 1 saturated heterocycles. The Balaban J connectivity index is 2.08. The van der Waals surface area contributed by atoms with Crippen LogP contribution in [0.3, 0.4) is 0 Å². The maximum Gasteiger partial charge on any atom is 0.129 e. The second kappa shape index (κ2) is 5.73. The van der Waals surface area contributed by atoms with E-state index in [-0.39, 0.29) is 17.2 Å². The van der Waals surface area contributed by atoms with E-state index in [2.05, 4.69) is 5.32 Å². The summed E-state index contributed by atoms with van der Waals surface area (Å²) in [6.45, 7) is 3.32. The Morgan fingerprint density at radius 3 is 2.89 bits per heavy atom. The maximum atomic E-state index is 13.7. The molecule has 2 rings (SSSR count). The predicted octanol–water partition coefficient (Wildman–Crippen LogP) is 1.69. The summed E-state index contributed by atoms with van der Waals surface area (Å²) in [5, 5.41) is 13.1. The van der Waals surface area contributed by atoms with E-state index in [0.717, 1.165) is 12.1 Å². The molecule has 0 bridgehead atoms. The Kier molecular flexibility index (Phi) is 4.27. The molecule has 1 fully saturated rings. The minimum absolute atomic E-state index is 0.00507. The standard InChI is InChI=1S/C13H17F2NO2/c1-8-4-12(15)10(6-11(8)14)13(17)5-9-7-18-3-2-16-9/h4,6,9,13,16-17H,2-3,5,7H2,1H3. The third-order valence-electron chi connectivity index (χ3n) is 3.14. The Morgan fingerprint density at radius 1 is 1.44 bits per heavy atom. The van der Waals surface area contributed by atoms with Gasteiger partial charge in [-0.2, -0.15) is 0 Å². The highest BCUT2D eigenvalue weighted by atomic mass is 19.1. The Morgan fingerprint density at radius 2 is 2.22 bits per heavy atom. The van der Waals surface area contributed by atoms with E-state index in [1.54, 1.807) is 0 Å². The Bertz CT molecular complexity index is 420. The molecule has 1 heterocycles. The molecular formula is C13H17F2NO2. The van der Waals surface area contributed by atoms with Gasteiger partial charge in [0.1, 0.15) is 11.6 Å². The smallest absolute Gasteiger partial charge is 0.129 e. The fourth-order valence-corrected chi connectivity index (χ4v) is 2.08. The van der Waals surface area contributed by atoms with Gasteiger partial charge in [-0.25, -0.2) is 8.78 Å². The van der Waals surface area contributed by atoms with Crippen molar-refractivity contribution in [2.75, 3.05) is 19.8 Å². The molecule has 1 aromatic carbocycles. The first-order valence-corrected chi connectivity index (χ1v) is 6.02. The minimum atomic E-state index is -1.03. The fraction of sp³-hybridized carbons (Fsp3) is 0.538. The zero-order valence-corrected chi connectivity index (χ0v) is 10.2. The van der Waals surface area contributed by atoms with Crippen LogP contribution in [0, 0.1) is 18.6 Å². The topological polar surface area (TPSA) is 41.5 Å². The first kappa shape index (κ1) is 13.4. The average Bonchev–Trinajstić information content (AvgIpc) is 2.35. The summed E-state index contributed by atoms with van der Waals surface area (Å²) in [6.07, 6.45) is -0.723. The number of ether oxygens (including phenoxy) is 1. The summed E-state index contributed by atoms with van der Waals surface area (Å²) in [5.74, 6) is -1.07. The molecule has 2 unspecified atom stereocenters. The number of hydrogen-bond donors (Lipinski definition) is 2. The molecule has 1 aliphatic heterocycles. The van der Waals surface area contributed by atoms with Gasteiger partial charge in [-0.15, -0.1) is 0 Å². The summed E-state index contributed by atoms with van der Waals surface area (Å²) in [6, 6.07) is 2.15. The number of aryl methyl sites for hydroxylation is 1. The summed E-state index contributed by atoms with van der Waals surface area (Å²) in [4.78, 5) is 0. The van der Waals surface area contributed by atoms with Gasteiger partial charge in [-0.1, -0.05) is 0 Å². The molecule has 3 nitrogen and oxygen atoms in total. The van der Waals surface area contributed by atoms with Gasteiger partial charge in [0.2, 0.25) is 0 Å². The van der Waals surface area contributed by atoms with Crippen molar-refractivity contribution in [1.82, 2.24) is 5.32 Å². The maximum absolute atomic E-state index is 13.7. The quantitative estimate of drug-likeness (QED) is 0.865. The van der Waals surface area contributed by atoms with Gasteiger partial charge >= 0.3 is 0 Å². The van der Waals surface area contributed by atoms with Crippen LogP contribution in [-0.2, 0) is 4.74 Å². The zero-order valence-electron chi connectivity index (χ0n) is 10.2. The van der Waals surface area contributed by atoms with Crippen molar-refractivity contribution >= 4 is 0 Å². The molecule has 18 heavy (non-hydrogen) atoms. The first-order valence-electron chi connectivity index (χ1n) is 6.02. The van der Waals surface area contributed by atoms with Gasteiger partial charge in [-0.3, -0.25) is 0 Å². The number of aliphatic hydroxyl groups is 1. The van der Waals surface area contributed by atoms with Crippen molar-refractivity contribution < 1.29 is 18.6 Å². The molecule has 100 valence electrons. The molecule has 1 aromatic rings. The molecule has 0 aliphatic carbocycles. The Labute approximate surface area is 105 Å². The molecular weight excluding hydrogens is 240 g/mol. The zero-order chi connectivity index (χ0) is 13.1. The third kappa shape index (κ3) is 3.04. The lowest BCUT2D eigenvalue weighted by Crippen LogP contribution is -2.42. The molecule has 0 saturated carbocycles. The number of hydrogen-bond acceptors (Lipinski definition) is 3. The largest absolute Gasteiger partial charge is 0.388 e. The second-order valence-electron chi connectivity index (χ2n) is 4.60. The lowest BCUT2D eigenvalue weighted by molar-refractivity contribution is 0.0511. The lowest BCUT2D eigenvalue weighted by atomic mass is 10.00. The van der Waals surface area contributed by atoms with Crippen molar-refractivity contribution in [1.29, 1.82) is 0 Å². The summed E-state index contributed by atoms with van der Waals surface area (Å²) >= 11 is 0. The van der Waals surface area contributed by atoms with Crippen LogP contribution in [-0.4, -0.2) is 30.9 Å². The first-order chi connectivity index (χ1) is 8.58. The van der Waals surface area contributed by atoms with E-state index in [9.17, 15) is 13.9 Å². The van der Waals surface area contributed by atoms with Crippen molar-refractivity contribution in [3.8, 4) is 0 Å². The normalized spacial score (nSPS) is 21.9. The van der Waals surface area contributed by atoms with Gasteiger partial charge < -0.3 is 15.2 Å². The van der Waals surface area contributed by atoms with Gasteiger partial charge in [0, 0.05) is 18.2 Å². The van der Waals surface area contributed by atoms with Crippen LogP contribution in [0.4, 0.5) is 8.78 Å². The van der Waals surface area contributed by atoms with Crippen molar-refractivity contribution in [3.05, 3.63) is 34.9 Å². The number of aliphatic hydroxyl groups excluding tert-OH is 1. The van der Waals surface area contributed by atoms with E-state index in [0.29, 0.717) is 26.2 Å². The molecule has 0 aromatic heterocycles. The molecule has 0 spiro atoms. The summed E-state index contributed by atoms with van der Waals surface area (Å²) in [7, 11) is 0. The van der Waals surface area contributed by atoms with Crippen LogP contribution >= 0.6 is 0 Å². The molecule has 1 aliphatic rings. The van der Waals surface area contributed by atoms with Crippen LogP contribution in [0.15, 0.2) is 12.1 Å². The van der Waals surface area contributed by atoms with Crippen molar-refractivity contribution in [2.24, 2.45) is 0 Å². The molecule has 0 amide bonds. The number of nitrogens with one attached hydrogen (secondary N) is 1. The van der Waals surface area contributed by atoms with Crippen LogP contribution in [0.25, 0.3) is 0 Å². The van der Waals surface area contributed by atoms with Gasteiger partial charge in [0.15, 0.2) is 0 Å². The average molecular weight is 257 g/mol. The summed E-state index contributed by atoms with van der Waals surface area (Å²) in [5.41, 5.74) is 0.244. The van der Waals surface area contributed by atoms with Gasteiger partial charge in [0.05, 0.1) is 19.3 Å². The SMILES string of the molecule is Cc1cc(F)c(C(O)CC2COCCN2)cc1F. The summed E-state index contributed by atoms with van der Waals surface area (Å²) < 4.78 is 32.3. The van der Waals surface area contributed by atoms with Crippen molar-refractivity contribution in [2.45, 2.75) is 25.5 Å². The molecule has 2 atom stereocenters. The third-order valence-corrected chi connectivity index (χ3v) is 3.14. The molecule has 2 N–H and O–H groups in total. The Hall–Kier alpha value is -1.04. The van der Waals surface area contributed by atoms with E-state index in [1.807, 2.05) is 0 Å². The number of halogens is 2. The molecule has 5 heteroatoms. The number of morpholine rings is 1. The highest BCUT2D eigenvalue weighted by Crippen LogP contribution is 2.24. The van der Waals surface area contributed by atoms with E-state index in [4.69, 9.17) is 4.74 Å². The van der Waals surface area contributed by atoms with E-state index >= 15 is 0 Å². The van der Waals surface area contributed by atoms with E-state index < -0.39 is 17.7 Å². The van der Waals surface area contributed by atoms with Crippen LogP contribution in [0.1, 0.15) is 23.7 Å². The highest BCUT2D eigenvalue weighted by Gasteiger charge is 2.21. The predicted molar refractivity (Wildman–Crippen MR) is 63.3 cm³/mol. The fourth-order valence-electron chi connectivity index (χ4n) is 2.08. The number of benzene rings is 1. The van der Waals surface area contributed by atoms with E-state index in [1.165, 1.54) is 6.92 Å². The minimum Gasteiger partial charge on any atom is -0.388 e. The van der Waals surface area contributed by atoms with Crippen LogP contribution in [0.2, 0.25) is 0 Å². The highest BCUT2D eigenvalue weighted by molar-refractivity contribution is 5.27. The van der Waals surface area contributed by atoms with Crippen LogP contribution in [0.5, 0.6) is 0 Å². The molecule has 0 radical (unpaired) electrons. The van der Waals surface area contributed by atoms with Crippen LogP contribution < -0.4 is 5.32 Å². The van der Waals surface area contributed by atoms with Gasteiger partial charge in [-0.05, 0) is 31.0 Å². The monoisotopic (exact) mass is 257 g/mol. The van der Waals surface area contributed by atoms with Crippen molar-refractivity contribution in [3.63, 3.8) is 0 Å². The second-order valence-corrected chi connectivity index (χ2v) is 4.60.